The van der Waals surface area contributed by atoms with Crippen molar-refractivity contribution in [3.05, 3.63) is 47.0 Å². The topological polar surface area (TPSA) is 35.4 Å². The summed E-state index contributed by atoms with van der Waals surface area (Å²) in [5.74, 6) is 2.45. The minimum atomic E-state index is 0.651. The minimum absolute atomic E-state index is 0.651. The second kappa shape index (κ2) is 8.93. The van der Waals surface area contributed by atoms with Crippen LogP contribution in [0.4, 0.5) is 5.69 Å². The summed E-state index contributed by atoms with van der Waals surface area (Å²) in [6, 6.07) is 12.4. The van der Waals surface area contributed by atoms with Gasteiger partial charge in [0, 0.05) is 12.0 Å². The van der Waals surface area contributed by atoms with E-state index >= 15 is 0 Å². The molecule has 0 bridgehead atoms. The van der Waals surface area contributed by atoms with Crippen LogP contribution in [0.2, 0.25) is 5.02 Å². The Balaban J connectivity index is 1.40. The zero-order valence-electron chi connectivity index (χ0n) is 16.4. The van der Waals surface area contributed by atoms with E-state index in [4.69, 9.17) is 25.8 Å². The lowest BCUT2D eigenvalue weighted by atomic mass is 10.1. The highest BCUT2D eigenvalue weighted by Gasteiger charge is 2.24. The van der Waals surface area contributed by atoms with Crippen LogP contribution >= 0.6 is 11.6 Å². The number of ether oxygens (including phenoxy) is 3. The van der Waals surface area contributed by atoms with Gasteiger partial charge >= 0.3 is 0 Å². The zero-order chi connectivity index (χ0) is 19.3. The maximum Gasteiger partial charge on any atom is 0.179 e. The van der Waals surface area contributed by atoms with Crippen LogP contribution in [-0.4, -0.2) is 46.0 Å². The Bertz CT molecular complexity index is 806. The number of anilines is 1. The SMILES string of the molecule is CCOc1ccccc1N1CC[NH+](Cc2cc(Cl)c3c(c2)OCCCO3)CC1. The smallest absolute Gasteiger partial charge is 0.179 e. The van der Waals surface area contributed by atoms with Gasteiger partial charge in [0.1, 0.15) is 12.3 Å². The Labute approximate surface area is 171 Å². The number of piperazine rings is 1. The lowest BCUT2D eigenvalue weighted by Gasteiger charge is -2.34. The molecule has 28 heavy (non-hydrogen) atoms. The van der Waals surface area contributed by atoms with E-state index in [1.807, 2.05) is 19.1 Å². The Hall–Kier alpha value is -2.11. The van der Waals surface area contributed by atoms with Gasteiger partial charge in [-0.05, 0) is 31.2 Å². The molecule has 2 aromatic rings. The molecule has 0 atom stereocenters. The zero-order valence-corrected chi connectivity index (χ0v) is 17.1. The lowest BCUT2D eigenvalue weighted by Crippen LogP contribution is -3.13. The number of nitrogens with one attached hydrogen (secondary N) is 1. The Kier molecular flexibility index (Phi) is 6.13. The molecule has 1 fully saturated rings. The number of nitrogens with zero attached hydrogens (tertiary/aromatic N) is 1. The average Bonchev–Trinajstić information content (AvgIpc) is 2.95. The molecule has 0 aromatic heterocycles. The normalized spacial score (nSPS) is 17.3. The monoisotopic (exact) mass is 403 g/mol. The summed E-state index contributed by atoms with van der Waals surface area (Å²) in [6.07, 6.45) is 0.886. The van der Waals surface area contributed by atoms with Gasteiger partial charge in [0.15, 0.2) is 11.5 Å². The maximum absolute atomic E-state index is 6.45. The third-order valence-electron chi connectivity index (χ3n) is 5.29. The number of hydrogen-bond acceptors (Lipinski definition) is 4. The summed E-state index contributed by atoms with van der Waals surface area (Å²) in [5, 5.41) is 0.651. The predicted molar refractivity (Wildman–Crippen MR) is 111 cm³/mol. The van der Waals surface area contributed by atoms with Crippen molar-refractivity contribution in [2.24, 2.45) is 0 Å². The molecule has 0 radical (unpaired) electrons. The first kappa shape index (κ1) is 19.2. The number of quaternary nitrogens is 1. The highest BCUT2D eigenvalue weighted by atomic mass is 35.5. The molecule has 0 amide bonds. The van der Waals surface area contributed by atoms with Gasteiger partial charge in [-0.1, -0.05) is 23.7 Å². The number of hydrogen-bond donors (Lipinski definition) is 1. The molecule has 1 N–H and O–H groups in total. The molecule has 2 aliphatic rings. The number of rotatable bonds is 5. The summed E-state index contributed by atoms with van der Waals surface area (Å²) < 4.78 is 17.4. The van der Waals surface area contributed by atoms with Crippen molar-refractivity contribution in [1.29, 1.82) is 0 Å². The molecular formula is C22H28ClN2O3+. The molecule has 0 spiro atoms. The van der Waals surface area contributed by atoms with Gasteiger partial charge in [0.2, 0.25) is 0 Å². The van der Waals surface area contributed by atoms with Crippen LogP contribution in [0, 0.1) is 0 Å². The van der Waals surface area contributed by atoms with Crippen molar-refractivity contribution in [3.63, 3.8) is 0 Å². The van der Waals surface area contributed by atoms with Crippen LogP contribution in [0.15, 0.2) is 36.4 Å². The van der Waals surface area contributed by atoms with Crippen molar-refractivity contribution in [2.45, 2.75) is 19.9 Å². The highest BCUT2D eigenvalue weighted by Crippen LogP contribution is 2.37. The van der Waals surface area contributed by atoms with Crippen molar-refractivity contribution >= 4 is 17.3 Å². The molecule has 6 heteroatoms. The van der Waals surface area contributed by atoms with Crippen molar-refractivity contribution in [2.75, 3.05) is 50.9 Å². The van der Waals surface area contributed by atoms with E-state index in [1.165, 1.54) is 11.3 Å². The molecule has 0 saturated carbocycles. The molecule has 0 unspecified atom stereocenters. The molecule has 0 aliphatic carbocycles. The van der Waals surface area contributed by atoms with E-state index in [-0.39, 0.29) is 0 Å². The first-order valence-electron chi connectivity index (χ1n) is 10.1. The number of para-hydroxylation sites is 2. The van der Waals surface area contributed by atoms with Gasteiger partial charge < -0.3 is 24.0 Å². The lowest BCUT2D eigenvalue weighted by molar-refractivity contribution is -0.914. The molecule has 150 valence electrons. The molecule has 2 heterocycles. The summed E-state index contributed by atoms with van der Waals surface area (Å²) in [4.78, 5) is 3.98. The molecule has 2 aromatic carbocycles. The molecular weight excluding hydrogens is 376 g/mol. The Morgan fingerprint density at radius 3 is 2.71 bits per heavy atom. The number of halogens is 1. The van der Waals surface area contributed by atoms with Crippen LogP contribution < -0.4 is 24.0 Å². The van der Waals surface area contributed by atoms with Gasteiger partial charge in [-0.3, -0.25) is 0 Å². The van der Waals surface area contributed by atoms with Gasteiger partial charge in [-0.15, -0.1) is 0 Å². The second-order valence-corrected chi connectivity index (χ2v) is 7.68. The first-order valence-corrected chi connectivity index (χ1v) is 10.5. The van der Waals surface area contributed by atoms with E-state index in [0.717, 1.165) is 50.6 Å². The summed E-state index contributed by atoms with van der Waals surface area (Å²) >= 11 is 6.45. The van der Waals surface area contributed by atoms with Gasteiger partial charge in [-0.2, -0.15) is 0 Å². The van der Waals surface area contributed by atoms with Gasteiger partial charge in [0.05, 0.1) is 56.7 Å². The largest absolute Gasteiger partial charge is 0.492 e. The van der Waals surface area contributed by atoms with Gasteiger partial charge in [-0.25, -0.2) is 0 Å². The van der Waals surface area contributed by atoms with Crippen LogP contribution in [0.1, 0.15) is 18.9 Å². The summed E-state index contributed by atoms with van der Waals surface area (Å²) in [7, 11) is 0. The molecule has 5 nitrogen and oxygen atoms in total. The fourth-order valence-corrected chi connectivity index (χ4v) is 4.20. The van der Waals surface area contributed by atoms with Crippen molar-refractivity contribution in [1.82, 2.24) is 0 Å². The number of fused-ring (bicyclic) bond motifs is 1. The van der Waals surface area contributed by atoms with Crippen LogP contribution in [0.25, 0.3) is 0 Å². The molecule has 1 saturated heterocycles. The quantitative estimate of drug-likeness (QED) is 0.832. The summed E-state index contributed by atoms with van der Waals surface area (Å²) in [5.41, 5.74) is 2.40. The summed E-state index contributed by atoms with van der Waals surface area (Å²) in [6.45, 7) is 9.16. The fourth-order valence-electron chi connectivity index (χ4n) is 3.91. The van der Waals surface area contributed by atoms with E-state index in [2.05, 4.69) is 29.2 Å². The maximum atomic E-state index is 6.45. The molecule has 2 aliphatic heterocycles. The highest BCUT2D eigenvalue weighted by molar-refractivity contribution is 6.32. The van der Waals surface area contributed by atoms with Gasteiger partial charge in [0.25, 0.3) is 0 Å². The second-order valence-electron chi connectivity index (χ2n) is 7.27. The third-order valence-corrected chi connectivity index (χ3v) is 5.57. The van der Waals surface area contributed by atoms with E-state index in [1.54, 1.807) is 4.90 Å². The van der Waals surface area contributed by atoms with Crippen LogP contribution in [-0.2, 0) is 6.54 Å². The van der Waals surface area contributed by atoms with Crippen molar-refractivity contribution in [3.8, 4) is 17.2 Å². The van der Waals surface area contributed by atoms with Crippen LogP contribution in [0.5, 0.6) is 17.2 Å². The standard InChI is InChI=1S/C22H27ClN2O3/c1-2-26-20-7-4-3-6-19(20)25-10-8-24(9-11-25)16-17-14-18(23)22-21(15-17)27-12-5-13-28-22/h3-4,6-7,14-15H,2,5,8-13,16H2,1H3/p+1. The van der Waals surface area contributed by atoms with Crippen LogP contribution in [0.3, 0.4) is 0 Å². The Morgan fingerprint density at radius 1 is 1.11 bits per heavy atom. The average molecular weight is 404 g/mol. The number of benzene rings is 2. The molecule has 4 rings (SSSR count). The third kappa shape index (κ3) is 4.31. The van der Waals surface area contributed by atoms with E-state index in [9.17, 15) is 0 Å². The Morgan fingerprint density at radius 2 is 1.89 bits per heavy atom. The van der Waals surface area contributed by atoms with E-state index < -0.39 is 0 Å². The fraction of sp³-hybridized carbons (Fsp3) is 0.455. The minimum Gasteiger partial charge on any atom is -0.492 e. The first-order chi connectivity index (χ1) is 13.7. The van der Waals surface area contributed by atoms with Crippen molar-refractivity contribution < 1.29 is 19.1 Å². The predicted octanol–water partition coefficient (Wildman–Crippen LogP) is 2.81. The van der Waals surface area contributed by atoms with E-state index in [0.29, 0.717) is 30.6 Å².